The first-order chi connectivity index (χ1) is 16.2. The maximum atomic E-state index is 14.5. The largest absolute Gasteiger partial charge is 0.493 e. The predicted molar refractivity (Wildman–Crippen MR) is 130 cm³/mol. The van der Waals surface area contributed by atoms with Crippen LogP contribution in [0.3, 0.4) is 0 Å². The van der Waals surface area contributed by atoms with E-state index in [0.29, 0.717) is 35.1 Å². The van der Waals surface area contributed by atoms with E-state index in [9.17, 15) is 13.6 Å². The average molecular weight is 464 g/mol. The molecule has 176 valence electrons. The van der Waals surface area contributed by atoms with Crippen molar-refractivity contribution in [2.45, 2.75) is 45.8 Å². The molecule has 34 heavy (non-hydrogen) atoms. The molecule has 5 rings (SSSR count). The van der Waals surface area contributed by atoms with E-state index in [4.69, 9.17) is 9.47 Å². The zero-order chi connectivity index (χ0) is 24.2. The zero-order valence-electron chi connectivity index (χ0n) is 19.7. The van der Waals surface area contributed by atoms with Crippen molar-refractivity contribution >= 4 is 28.3 Å². The summed E-state index contributed by atoms with van der Waals surface area (Å²) in [5.41, 5.74) is 5.33. The number of rotatable bonds is 4. The minimum absolute atomic E-state index is 0.523. The minimum atomic E-state index is -0.938. The van der Waals surface area contributed by atoms with E-state index in [2.05, 4.69) is 11.4 Å². The van der Waals surface area contributed by atoms with E-state index in [0.717, 1.165) is 40.8 Å². The number of hydrogen-bond acceptors (Lipinski definition) is 4. The van der Waals surface area contributed by atoms with Gasteiger partial charge in [-0.1, -0.05) is 12.1 Å². The number of aldehydes is 1. The first-order valence-corrected chi connectivity index (χ1v) is 11.5. The van der Waals surface area contributed by atoms with Gasteiger partial charge in [0.2, 0.25) is 0 Å². The molecule has 0 bridgehead atoms. The number of ether oxygens (including phenoxy) is 2. The molecule has 0 radical (unpaired) electrons. The third-order valence-corrected chi connectivity index (χ3v) is 6.33. The van der Waals surface area contributed by atoms with Crippen molar-refractivity contribution in [3.8, 4) is 16.9 Å². The number of carbonyl (C=O) groups is 1. The summed E-state index contributed by atoms with van der Waals surface area (Å²) in [6.07, 6.45) is 2.84. The summed E-state index contributed by atoms with van der Waals surface area (Å²) in [6.45, 7) is 8.78. The number of benzene rings is 3. The SMILES string of the molecule is Cc1cc2cc(F)c(F)cc2c(-c2ccc3c4c2NCC=C4CCO3)c1[C@H](C=O)OC(C)(C)C. The smallest absolute Gasteiger partial charge is 0.159 e. The predicted octanol–water partition coefficient (Wildman–Crippen LogP) is 6.74. The van der Waals surface area contributed by atoms with Crippen molar-refractivity contribution in [3.63, 3.8) is 0 Å². The van der Waals surface area contributed by atoms with Crippen LogP contribution in [0, 0.1) is 18.6 Å². The van der Waals surface area contributed by atoms with Crippen molar-refractivity contribution in [3.05, 3.63) is 64.7 Å². The minimum Gasteiger partial charge on any atom is -0.493 e. The van der Waals surface area contributed by atoms with E-state index in [-0.39, 0.29) is 0 Å². The van der Waals surface area contributed by atoms with E-state index in [1.807, 2.05) is 39.8 Å². The molecule has 6 heteroatoms. The Bertz CT molecular complexity index is 1350. The zero-order valence-corrected chi connectivity index (χ0v) is 19.7. The molecule has 0 amide bonds. The molecule has 3 aromatic rings. The van der Waals surface area contributed by atoms with Crippen LogP contribution in [-0.2, 0) is 9.53 Å². The topological polar surface area (TPSA) is 47.6 Å². The van der Waals surface area contributed by atoms with Gasteiger partial charge in [0.15, 0.2) is 17.9 Å². The van der Waals surface area contributed by atoms with Crippen molar-refractivity contribution in [2.24, 2.45) is 0 Å². The lowest BCUT2D eigenvalue weighted by Gasteiger charge is -2.31. The highest BCUT2D eigenvalue weighted by Crippen LogP contribution is 2.49. The Balaban J connectivity index is 1.88. The third kappa shape index (κ3) is 3.76. The highest BCUT2D eigenvalue weighted by molar-refractivity contribution is 6.05. The summed E-state index contributed by atoms with van der Waals surface area (Å²) in [5.74, 6) is -1.06. The quantitative estimate of drug-likeness (QED) is 0.435. The van der Waals surface area contributed by atoms with Crippen LogP contribution < -0.4 is 10.1 Å². The van der Waals surface area contributed by atoms with Crippen LogP contribution in [0.1, 0.15) is 50.0 Å². The van der Waals surface area contributed by atoms with Gasteiger partial charge < -0.3 is 19.6 Å². The van der Waals surface area contributed by atoms with Crippen molar-refractivity contribution in [2.75, 3.05) is 18.5 Å². The van der Waals surface area contributed by atoms with Crippen LogP contribution in [0.15, 0.2) is 36.4 Å². The molecule has 0 fully saturated rings. The lowest BCUT2D eigenvalue weighted by Crippen LogP contribution is -2.24. The number of carbonyl (C=O) groups excluding carboxylic acids is 1. The van der Waals surface area contributed by atoms with Crippen LogP contribution in [0.2, 0.25) is 0 Å². The van der Waals surface area contributed by atoms with Gasteiger partial charge in [0, 0.05) is 24.1 Å². The number of nitrogens with one attached hydrogen (secondary N) is 1. The second-order valence-corrected chi connectivity index (χ2v) is 9.83. The molecule has 1 N–H and O–H groups in total. The maximum absolute atomic E-state index is 14.5. The summed E-state index contributed by atoms with van der Waals surface area (Å²) < 4.78 is 40.8. The molecular weight excluding hydrogens is 436 g/mol. The Kier molecular flexibility index (Phi) is 5.44. The van der Waals surface area contributed by atoms with Crippen LogP contribution in [-0.4, -0.2) is 25.0 Å². The normalized spacial score (nSPS) is 15.8. The van der Waals surface area contributed by atoms with Gasteiger partial charge in [-0.15, -0.1) is 0 Å². The van der Waals surface area contributed by atoms with E-state index >= 15 is 0 Å². The van der Waals surface area contributed by atoms with Crippen LogP contribution in [0.4, 0.5) is 14.5 Å². The molecular formula is C28H27F2NO3. The van der Waals surface area contributed by atoms with Crippen LogP contribution in [0.25, 0.3) is 27.5 Å². The Morgan fingerprint density at radius 2 is 1.88 bits per heavy atom. The fourth-order valence-corrected chi connectivity index (χ4v) is 5.03. The van der Waals surface area contributed by atoms with Crippen LogP contribution >= 0.6 is 0 Å². The molecule has 0 saturated heterocycles. The Morgan fingerprint density at radius 1 is 1.12 bits per heavy atom. The lowest BCUT2D eigenvalue weighted by atomic mass is 9.83. The second kappa shape index (κ2) is 8.20. The molecule has 3 aromatic carbocycles. The Morgan fingerprint density at radius 3 is 2.62 bits per heavy atom. The van der Waals surface area contributed by atoms with Crippen LogP contribution in [0.5, 0.6) is 5.75 Å². The van der Waals surface area contributed by atoms with Gasteiger partial charge >= 0.3 is 0 Å². The number of fused-ring (bicyclic) bond motifs is 1. The summed E-state index contributed by atoms with van der Waals surface area (Å²) in [7, 11) is 0. The Hall–Kier alpha value is -3.25. The molecule has 0 aromatic heterocycles. The van der Waals surface area contributed by atoms with Crippen molar-refractivity contribution < 1.29 is 23.0 Å². The van der Waals surface area contributed by atoms with E-state index < -0.39 is 23.3 Å². The monoisotopic (exact) mass is 463 g/mol. The van der Waals surface area contributed by atoms with Crippen molar-refractivity contribution in [1.29, 1.82) is 0 Å². The van der Waals surface area contributed by atoms with Gasteiger partial charge in [-0.2, -0.15) is 0 Å². The second-order valence-electron chi connectivity index (χ2n) is 9.83. The highest BCUT2D eigenvalue weighted by Gasteiger charge is 2.30. The number of anilines is 1. The summed E-state index contributed by atoms with van der Waals surface area (Å²) in [6, 6.07) is 8.03. The molecule has 0 unspecified atom stereocenters. The molecule has 2 heterocycles. The van der Waals surface area contributed by atoms with Gasteiger partial charge in [0.05, 0.1) is 17.9 Å². The summed E-state index contributed by atoms with van der Waals surface area (Å²) >= 11 is 0. The lowest BCUT2D eigenvalue weighted by molar-refractivity contribution is -0.128. The van der Waals surface area contributed by atoms with Gasteiger partial charge in [-0.25, -0.2) is 8.78 Å². The average Bonchev–Trinajstić information content (AvgIpc) is 2.78. The third-order valence-electron chi connectivity index (χ3n) is 6.33. The van der Waals surface area contributed by atoms with Gasteiger partial charge in [-0.3, -0.25) is 0 Å². The van der Waals surface area contributed by atoms with Gasteiger partial charge in [0.25, 0.3) is 0 Å². The van der Waals surface area contributed by atoms with Crippen molar-refractivity contribution in [1.82, 2.24) is 0 Å². The maximum Gasteiger partial charge on any atom is 0.159 e. The molecule has 1 atom stereocenters. The van der Waals surface area contributed by atoms with Gasteiger partial charge in [0.1, 0.15) is 11.9 Å². The number of halogens is 2. The van der Waals surface area contributed by atoms with E-state index in [1.165, 1.54) is 17.7 Å². The molecule has 2 aliphatic heterocycles. The molecule has 0 aliphatic carbocycles. The number of hydrogen-bond donors (Lipinski definition) is 1. The first kappa shape index (κ1) is 22.5. The molecule has 0 spiro atoms. The van der Waals surface area contributed by atoms with E-state index in [1.54, 1.807) is 6.07 Å². The van der Waals surface area contributed by atoms with Gasteiger partial charge in [-0.05, 0) is 85.0 Å². The standard InChI is InChI=1S/C28H27F2NO3/c1-15-11-17-12-20(29)21(30)13-19(17)26(24(15)23(14-32)34-28(2,3)4)18-5-6-22-25-16(8-10-33-22)7-9-31-27(18)25/h5-7,11-14,23,31H,8-10H2,1-4H3/t23-/m0/s1. The summed E-state index contributed by atoms with van der Waals surface area (Å²) in [4.78, 5) is 12.3. The first-order valence-electron chi connectivity index (χ1n) is 11.5. The number of aryl methyl sites for hydroxylation is 1. The Labute approximate surface area is 197 Å². The summed E-state index contributed by atoms with van der Waals surface area (Å²) in [5, 5.41) is 4.54. The molecule has 0 saturated carbocycles. The fourth-order valence-electron chi connectivity index (χ4n) is 5.03. The molecule has 4 nitrogen and oxygen atoms in total. The molecule has 2 aliphatic rings. The fraction of sp³-hybridized carbons (Fsp3) is 0.321. The highest BCUT2D eigenvalue weighted by atomic mass is 19.2.